The van der Waals surface area contributed by atoms with E-state index in [1.165, 1.54) is 6.07 Å². The van der Waals surface area contributed by atoms with Crippen LogP contribution in [0.15, 0.2) is 18.2 Å². The van der Waals surface area contributed by atoms with Gasteiger partial charge in [0.05, 0.1) is 11.3 Å². The van der Waals surface area contributed by atoms with E-state index in [9.17, 15) is 9.59 Å². The number of amides is 1. The van der Waals surface area contributed by atoms with E-state index >= 15 is 0 Å². The highest BCUT2D eigenvalue weighted by molar-refractivity contribution is 6.02. The first-order chi connectivity index (χ1) is 8.09. The monoisotopic (exact) mass is 233 g/mol. The number of hydrogen-bond donors (Lipinski definition) is 2. The van der Waals surface area contributed by atoms with Crippen molar-refractivity contribution < 1.29 is 14.7 Å². The van der Waals surface area contributed by atoms with Crippen molar-refractivity contribution in [3.05, 3.63) is 29.3 Å². The number of nitrogens with one attached hydrogen (secondary N) is 1. The zero-order valence-corrected chi connectivity index (χ0v) is 9.69. The smallest absolute Gasteiger partial charge is 0.337 e. The molecule has 1 saturated carbocycles. The standard InChI is InChI=1S/C13H15NO3/c1-8-4-2-7-10(13(16)17)11(8)14-12(15)9-5-3-6-9/h2,4,7,9H,3,5-6H2,1H3,(H,14,15)(H,16,17). The highest BCUT2D eigenvalue weighted by Gasteiger charge is 2.26. The number of carbonyl (C=O) groups is 2. The van der Waals surface area contributed by atoms with Gasteiger partial charge in [0, 0.05) is 5.92 Å². The molecule has 0 aromatic heterocycles. The van der Waals surface area contributed by atoms with E-state index in [0.29, 0.717) is 5.69 Å². The Hall–Kier alpha value is -1.84. The normalized spacial score (nSPS) is 15.1. The highest BCUT2D eigenvalue weighted by Crippen LogP contribution is 2.29. The van der Waals surface area contributed by atoms with Crippen LogP contribution in [0.3, 0.4) is 0 Å². The molecule has 0 atom stereocenters. The van der Waals surface area contributed by atoms with Gasteiger partial charge in [0.2, 0.25) is 5.91 Å². The highest BCUT2D eigenvalue weighted by atomic mass is 16.4. The first kappa shape index (κ1) is 11.6. The second kappa shape index (κ2) is 4.57. The van der Waals surface area contributed by atoms with E-state index in [0.717, 1.165) is 24.8 Å². The van der Waals surface area contributed by atoms with Gasteiger partial charge in [0.25, 0.3) is 0 Å². The summed E-state index contributed by atoms with van der Waals surface area (Å²) in [5.74, 6) is -1.03. The number of hydrogen-bond acceptors (Lipinski definition) is 2. The third-order valence-corrected chi connectivity index (χ3v) is 3.23. The zero-order valence-electron chi connectivity index (χ0n) is 9.69. The SMILES string of the molecule is Cc1cccc(C(=O)O)c1NC(=O)C1CCC1. The summed E-state index contributed by atoms with van der Waals surface area (Å²) < 4.78 is 0. The average molecular weight is 233 g/mol. The van der Waals surface area contributed by atoms with Crippen molar-refractivity contribution in [3.8, 4) is 0 Å². The van der Waals surface area contributed by atoms with Gasteiger partial charge in [0.15, 0.2) is 0 Å². The first-order valence-corrected chi connectivity index (χ1v) is 5.73. The number of anilines is 1. The Morgan fingerprint density at radius 3 is 2.59 bits per heavy atom. The molecule has 1 aliphatic carbocycles. The lowest BCUT2D eigenvalue weighted by Gasteiger charge is -2.24. The minimum Gasteiger partial charge on any atom is -0.478 e. The zero-order chi connectivity index (χ0) is 12.4. The van der Waals surface area contributed by atoms with Crippen LogP contribution in [0.1, 0.15) is 35.2 Å². The van der Waals surface area contributed by atoms with Gasteiger partial charge >= 0.3 is 5.97 Å². The lowest BCUT2D eigenvalue weighted by molar-refractivity contribution is -0.122. The van der Waals surface area contributed by atoms with Gasteiger partial charge in [-0.15, -0.1) is 0 Å². The van der Waals surface area contributed by atoms with Crippen LogP contribution in [0, 0.1) is 12.8 Å². The van der Waals surface area contributed by atoms with E-state index in [4.69, 9.17) is 5.11 Å². The fraction of sp³-hybridized carbons (Fsp3) is 0.385. The van der Waals surface area contributed by atoms with Crippen LogP contribution in [0.2, 0.25) is 0 Å². The van der Waals surface area contributed by atoms with Crippen molar-refractivity contribution in [2.24, 2.45) is 5.92 Å². The molecule has 1 amide bonds. The molecule has 1 aliphatic rings. The molecule has 1 fully saturated rings. The number of aromatic carboxylic acids is 1. The van der Waals surface area contributed by atoms with Gasteiger partial charge in [-0.25, -0.2) is 4.79 Å². The van der Waals surface area contributed by atoms with Gasteiger partial charge < -0.3 is 10.4 Å². The Labute approximate surface area is 99.6 Å². The number of rotatable bonds is 3. The molecule has 0 saturated heterocycles. The molecule has 1 aromatic carbocycles. The molecule has 0 spiro atoms. The molecule has 0 unspecified atom stereocenters. The van der Waals surface area contributed by atoms with E-state index in [2.05, 4.69) is 5.32 Å². The molecular formula is C13H15NO3. The van der Waals surface area contributed by atoms with Crippen molar-refractivity contribution in [3.63, 3.8) is 0 Å². The molecule has 0 aliphatic heterocycles. The summed E-state index contributed by atoms with van der Waals surface area (Å²) in [4.78, 5) is 22.9. The summed E-state index contributed by atoms with van der Waals surface area (Å²) in [6, 6.07) is 4.98. The summed E-state index contributed by atoms with van der Waals surface area (Å²) in [7, 11) is 0. The molecule has 0 bridgehead atoms. The summed E-state index contributed by atoms with van der Waals surface area (Å²) in [6.45, 7) is 1.79. The predicted octanol–water partition coefficient (Wildman–Crippen LogP) is 2.43. The molecule has 4 nitrogen and oxygen atoms in total. The summed E-state index contributed by atoms with van der Waals surface area (Å²) in [5, 5.41) is 11.8. The Morgan fingerprint density at radius 2 is 2.06 bits per heavy atom. The lowest BCUT2D eigenvalue weighted by atomic mass is 9.84. The van der Waals surface area contributed by atoms with E-state index in [1.54, 1.807) is 19.1 Å². The van der Waals surface area contributed by atoms with Crippen LogP contribution in [-0.2, 0) is 4.79 Å². The average Bonchev–Trinajstić information content (AvgIpc) is 2.17. The Balaban J connectivity index is 2.24. The Bertz CT molecular complexity index is 464. The van der Waals surface area contributed by atoms with Crippen LogP contribution in [-0.4, -0.2) is 17.0 Å². The molecule has 1 aromatic rings. The molecule has 90 valence electrons. The number of benzene rings is 1. The molecule has 2 N–H and O–H groups in total. The summed E-state index contributed by atoms with van der Waals surface area (Å²) >= 11 is 0. The quantitative estimate of drug-likeness (QED) is 0.842. The van der Waals surface area contributed by atoms with E-state index < -0.39 is 5.97 Å². The number of carbonyl (C=O) groups excluding carboxylic acids is 1. The van der Waals surface area contributed by atoms with E-state index in [1.807, 2.05) is 0 Å². The molecule has 17 heavy (non-hydrogen) atoms. The second-order valence-corrected chi connectivity index (χ2v) is 4.42. The minimum absolute atomic E-state index is 0.0521. The third-order valence-electron chi connectivity index (χ3n) is 3.23. The molecule has 2 rings (SSSR count). The van der Waals surface area contributed by atoms with Gasteiger partial charge in [-0.3, -0.25) is 4.79 Å². The largest absolute Gasteiger partial charge is 0.478 e. The van der Waals surface area contributed by atoms with Crippen LogP contribution in [0.25, 0.3) is 0 Å². The Morgan fingerprint density at radius 1 is 1.35 bits per heavy atom. The topological polar surface area (TPSA) is 66.4 Å². The second-order valence-electron chi connectivity index (χ2n) is 4.42. The number of carboxylic acid groups (broad SMARTS) is 1. The maximum atomic E-state index is 11.8. The number of carboxylic acids is 1. The maximum absolute atomic E-state index is 11.8. The van der Waals surface area contributed by atoms with Crippen LogP contribution >= 0.6 is 0 Å². The molecule has 0 heterocycles. The van der Waals surface area contributed by atoms with Gasteiger partial charge in [0.1, 0.15) is 0 Å². The van der Waals surface area contributed by atoms with Crippen LogP contribution < -0.4 is 5.32 Å². The van der Waals surface area contributed by atoms with Crippen LogP contribution in [0.4, 0.5) is 5.69 Å². The molecule has 0 radical (unpaired) electrons. The van der Waals surface area contributed by atoms with Gasteiger partial charge in [-0.1, -0.05) is 18.6 Å². The molecular weight excluding hydrogens is 218 g/mol. The molecule has 4 heteroatoms. The van der Waals surface area contributed by atoms with E-state index in [-0.39, 0.29) is 17.4 Å². The van der Waals surface area contributed by atoms with Crippen LogP contribution in [0.5, 0.6) is 0 Å². The van der Waals surface area contributed by atoms with Crippen molar-refractivity contribution in [2.75, 3.05) is 5.32 Å². The summed E-state index contributed by atoms with van der Waals surface area (Å²) in [5.41, 5.74) is 1.35. The minimum atomic E-state index is -1.02. The fourth-order valence-electron chi connectivity index (χ4n) is 1.91. The maximum Gasteiger partial charge on any atom is 0.337 e. The third kappa shape index (κ3) is 2.30. The first-order valence-electron chi connectivity index (χ1n) is 5.73. The van der Waals surface area contributed by atoms with Gasteiger partial charge in [-0.2, -0.15) is 0 Å². The lowest BCUT2D eigenvalue weighted by Crippen LogP contribution is -2.29. The summed E-state index contributed by atoms with van der Waals surface area (Å²) in [6.07, 6.45) is 2.89. The Kier molecular flexibility index (Phi) is 3.13. The number of aryl methyl sites for hydroxylation is 1. The van der Waals surface area contributed by atoms with Crippen molar-refractivity contribution in [2.45, 2.75) is 26.2 Å². The van der Waals surface area contributed by atoms with Crippen molar-refractivity contribution >= 4 is 17.6 Å². The fourth-order valence-corrected chi connectivity index (χ4v) is 1.91. The van der Waals surface area contributed by atoms with Crippen molar-refractivity contribution in [1.82, 2.24) is 0 Å². The number of para-hydroxylation sites is 1. The van der Waals surface area contributed by atoms with Crippen molar-refractivity contribution in [1.29, 1.82) is 0 Å². The predicted molar refractivity (Wildman–Crippen MR) is 64.1 cm³/mol. The van der Waals surface area contributed by atoms with Gasteiger partial charge in [-0.05, 0) is 31.4 Å².